The van der Waals surface area contributed by atoms with Crippen molar-refractivity contribution in [2.75, 3.05) is 86.4 Å². The van der Waals surface area contributed by atoms with Gasteiger partial charge in [-0.15, -0.1) is 25.7 Å². The molecule has 0 spiro atoms. The van der Waals surface area contributed by atoms with Crippen LogP contribution < -0.4 is 0 Å². The maximum atomic E-state index is 12.8. The molecule has 13 nitrogen and oxygen atoms in total. The molecule has 2 unspecified atom stereocenters. The van der Waals surface area contributed by atoms with Crippen LogP contribution in [-0.4, -0.2) is 101 Å². The molecular formula is C23H34O13P2. The van der Waals surface area contributed by atoms with Crippen molar-refractivity contribution in [3.05, 3.63) is 0 Å². The highest BCUT2D eigenvalue weighted by molar-refractivity contribution is 7.47. The molecule has 0 aromatic heterocycles. The fraction of sp³-hybridized carbons (Fsp3) is 0.652. The van der Waals surface area contributed by atoms with E-state index in [-0.39, 0.29) is 52.9 Å². The minimum Gasteiger partial charge on any atom is -0.396 e. The number of terminal acetylenes is 4. The lowest BCUT2D eigenvalue weighted by atomic mass is 9.92. The smallest absolute Gasteiger partial charge is 0.396 e. The number of aliphatic hydroxyl groups is 1. The predicted octanol–water partition coefficient (Wildman–Crippen LogP) is 0.448. The Kier molecular flexibility index (Phi) is 18.5. The van der Waals surface area contributed by atoms with Crippen LogP contribution in [-0.2, 0) is 46.2 Å². The summed E-state index contributed by atoms with van der Waals surface area (Å²) in [5.74, 6) is 9.00. The van der Waals surface area contributed by atoms with Gasteiger partial charge in [0.05, 0.1) is 63.7 Å². The summed E-state index contributed by atoms with van der Waals surface area (Å²) < 4.78 is 65.5. The van der Waals surface area contributed by atoms with Crippen LogP contribution in [0.15, 0.2) is 0 Å². The van der Waals surface area contributed by atoms with Gasteiger partial charge in [0.1, 0.15) is 26.4 Å². The van der Waals surface area contributed by atoms with E-state index >= 15 is 0 Å². The van der Waals surface area contributed by atoms with Gasteiger partial charge in [-0.1, -0.05) is 23.7 Å². The Balaban J connectivity index is 5.68. The monoisotopic (exact) mass is 580 g/mol. The van der Waals surface area contributed by atoms with Gasteiger partial charge < -0.3 is 33.8 Å². The molecule has 38 heavy (non-hydrogen) atoms. The summed E-state index contributed by atoms with van der Waals surface area (Å²) >= 11 is 0. The summed E-state index contributed by atoms with van der Waals surface area (Å²) in [4.78, 5) is 20.0. The molecule has 0 aliphatic rings. The van der Waals surface area contributed by atoms with E-state index in [0.717, 1.165) is 7.11 Å². The minimum absolute atomic E-state index is 0.0990. The van der Waals surface area contributed by atoms with E-state index in [1.54, 1.807) is 0 Å². The van der Waals surface area contributed by atoms with Crippen molar-refractivity contribution >= 4 is 15.6 Å². The molecule has 0 saturated carbocycles. The molecule has 0 fully saturated rings. The normalized spacial score (nSPS) is 14.8. The van der Waals surface area contributed by atoms with Crippen molar-refractivity contribution in [1.29, 1.82) is 0 Å². The van der Waals surface area contributed by atoms with Gasteiger partial charge in [0.15, 0.2) is 0 Å². The van der Waals surface area contributed by atoms with Crippen LogP contribution in [0.3, 0.4) is 0 Å². The lowest BCUT2D eigenvalue weighted by Gasteiger charge is -2.34. The van der Waals surface area contributed by atoms with Crippen molar-refractivity contribution in [2.24, 2.45) is 10.8 Å². The average molecular weight is 580 g/mol. The van der Waals surface area contributed by atoms with Crippen LogP contribution in [0.5, 0.6) is 0 Å². The van der Waals surface area contributed by atoms with Gasteiger partial charge in [-0.25, -0.2) is 9.13 Å². The molecule has 0 aliphatic carbocycles. The molecule has 15 heteroatoms. The molecule has 0 radical (unpaired) electrons. The number of phosphoric ester groups is 2. The van der Waals surface area contributed by atoms with E-state index in [4.69, 9.17) is 58.2 Å². The van der Waals surface area contributed by atoms with Crippen molar-refractivity contribution in [3.8, 4) is 49.4 Å². The summed E-state index contributed by atoms with van der Waals surface area (Å²) in [5.41, 5.74) is -2.78. The Bertz CT molecular complexity index is 901. The lowest BCUT2D eigenvalue weighted by Crippen LogP contribution is -2.42. The van der Waals surface area contributed by atoms with Crippen molar-refractivity contribution < 1.29 is 61.1 Å². The lowest BCUT2D eigenvalue weighted by molar-refractivity contribution is -0.0783. The van der Waals surface area contributed by atoms with E-state index in [1.165, 1.54) is 0 Å². The second kappa shape index (κ2) is 19.3. The number of ether oxygens (including phenoxy) is 4. The van der Waals surface area contributed by atoms with Crippen LogP contribution in [0.2, 0.25) is 0 Å². The molecule has 0 amide bonds. The van der Waals surface area contributed by atoms with Crippen molar-refractivity contribution in [1.82, 2.24) is 0 Å². The van der Waals surface area contributed by atoms with Gasteiger partial charge in [0.25, 0.3) is 0 Å². The summed E-state index contributed by atoms with van der Waals surface area (Å²) in [5, 5.41) is 9.94. The Morgan fingerprint density at radius 2 is 0.921 bits per heavy atom. The molecule has 3 N–H and O–H groups in total. The largest absolute Gasteiger partial charge is 0.472 e. The first-order valence-electron chi connectivity index (χ1n) is 10.8. The highest BCUT2D eigenvalue weighted by atomic mass is 31.2. The second-order valence-electron chi connectivity index (χ2n) is 7.89. The Morgan fingerprint density at radius 1 is 0.605 bits per heavy atom. The maximum Gasteiger partial charge on any atom is 0.472 e. The topological polar surface area (TPSA) is 169 Å². The summed E-state index contributed by atoms with van der Waals surface area (Å²) in [6.45, 7) is -3.91. The molecule has 0 aromatic carbocycles. The molecule has 0 heterocycles. The molecule has 0 bridgehead atoms. The van der Waals surface area contributed by atoms with Crippen molar-refractivity contribution in [2.45, 2.75) is 0 Å². The number of hydrogen-bond donors (Lipinski definition) is 3. The van der Waals surface area contributed by atoms with Crippen molar-refractivity contribution in [3.63, 3.8) is 0 Å². The van der Waals surface area contributed by atoms with Gasteiger partial charge >= 0.3 is 15.6 Å². The second-order valence-corrected chi connectivity index (χ2v) is 10.9. The molecule has 0 aliphatic heterocycles. The quantitative estimate of drug-likeness (QED) is 0.0866. The number of rotatable bonds is 23. The number of hydrogen-bond acceptors (Lipinski definition) is 11. The van der Waals surface area contributed by atoms with Crippen LogP contribution in [0, 0.1) is 60.2 Å². The fourth-order valence-electron chi connectivity index (χ4n) is 2.56. The number of phosphoric acid groups is 2. The zero-order valence-corrected chi connectivity index (χ0v) is 22.9. The first-order valence-corrected chi connectivity index (χ1v) is 13.8. The summed E-state index contributed by atoms with van der Waals surface area (Å²) in [6, 6.07) is 0. The third kappa shape index (κ3) is 15.6. The minimum atomic E-state index is -4.84. The SMILES string of the molecule is C#CCOCC(CO)(COCC#C)COP(=O)(O)OCC(COCC#C)(COCC#C)COP(=O)(O)OC. The van der Waals surface area contributed by atoms with E-state index in [0.29, 0.717) is 0 Å². The van der Waals surface area contributed by atoms with Crippen LogP contribution in [0.25, 0.3) is 0 Å². The zero-order valence-electron chi connectivity index (χ0n) is 21.1. The highest BCUT2D eigenvalue weighted by Crippen LogP contribution is 2.48. The van der Waals surface area contributed by atoms with Gasteiger partial charge in [-0.05, 0) is 0 Å². The average Bonchev–Trinajstić information content (AvgIpc) is 2.89. The van der Waals surface area contributed by atoms with Gasteiger partial charge in [0.2, 0.25) is 0 Å². The molecule has 0 rings (SSSR count). The van der Waals surface area contributed by atoms with Gasteiger partial charge in [-0.3, -0.25) is 18.1 Å². The number of aliphatic hydroxyl groups excluding tert-OH is 1. The third-order valence-corrected chi connectivity index (χ3v) is 6.37. The highest BCUT2D eigenvalue weighted by Gasteiger charge is 2.40. The fourth-order valence-corrected chi connectivity index (χ4v) is 4.05. The van der Waals surface area contributed by atoms with E-state index in [1.807, 2.05) is 0 Å². The molecule has 2 atom stereocenters. The summed E-state index contributed by atoms with van der Waals surface area (Å²) in [6.07, 6.45) is 20.7. The third-order valence-electron chi connectivity index (χ3n) is 4.54. The Hall–Kier alpha value is -1.74. The Labute approximate surface area is 223 Å². The van der Waals surface area contributed by atoms with Crippen LogP contribution in [0.4, 0.5) is 0 Å². The molecule has 214 valence electrons. The first-order chi connectivity index (χ1) is 18.0. The first kappa shape index (κ1) is 36.3. The maximum absolute atomic E-state index is 12.8. The molecule has 0 saturated heterocycles. The van der Waals surface area contributed by atoms with Crippen LogP contribution in [0.1, 0.15) is 0 Å². The van der Waals surface area contributed by atoms with E-state index in [9.17, 15) is 24.0 Å². The molecular weight excluding hydrogens is 546 g/mol. The Morgan fingerprint density at radius 3 is 1.24 bits per heavy atom. The van der Waals surface area contributed by atoms with Gasteiger partial charge in [-0.2, -0.15) is 0 Å². The molecule has 0 aromatic rings. The summed E-state index contributed by atoms with van der Waals surface area (Å²) in [7, 11) is -8.36. The van der Waals surface area contributed by atoms with Crippen LogP contribution >= 0.6 is 15.6 Å². The van der Waals surface area contributed by atoms with E-state index < -0.39 is 52.9 Å². The van der Waals surface area contributed by atoms with Gasteiger partial charge in [0, 0.05) is 7.11 Å². The standard InChI is InChI=1S/C23H34O13P2/c1-6-10-30-15-22(14-24,16-31-11-7-2)19-35-38(27,28)36-21-23(17-32-12-8-3,18-33-13-9-4)20-34-37(25,26)29-5/h1-4,24H,10-21H2,5H3,(H,25,26)(H,27,28). The zero-order chi connectivity index (χ0) is 29.0. The predicted molar refractivity (Wildman–Crippen MR) is 135 cm³/mol. The van der Waals surface area contributed by atoms with E-state index in [2.05, 4.69) is 28.2 Å².